The third-order valence-corrected chi connectivity index (χ3v) is 7.71. The summed E-state index contributed by atoms with van der Waals surface area (Å²) >= 11 is 0. The molecule has 0 unspecified atom stereocenters. The summed E-state index contributed by atoms with van der Waals surface area (Å²) in [6.07, 6.45) is 0. The lowest BCUT2D eigenvalue weighted by Gasteiger charge is -2.43. The highest BCUT2D eigenvalue weighted by Crippen LogP contribution is 2.24. The predicted molar refractivity (Wildman–Crippen MR) is 160 cm³/mol. The summed E-state index contributed by atoms with van der Waals surface area (Å²) in [5.74, 6) is 0.869. The number of hydrogen-bond donors (Lipinski definition) is 2. The lowest BCUT2D eigenvalue weighted by Crippen LogP contribution is -2.59. The van der Waals surface area contributed by atoms with Crippen molar-refractivity contribution in [3.63, 3.8) is 0 Å². The number of H-pyrrole nitrogens is 2. The highest BCUT2D eigenvalue weighted by atomic mass is 16.2. The van der Waals surface area contributed by atoms with Crippen LogP contribution in [0.3, 0.4) is 0 Å². The highest BCUT2D eigenvalue weighted by Gasteiger charge is 2.36. The smallest absolute Gasteiger partial charge is 0.272 e. The zero-order valence-electron chi connectivity index (χ0n) is 23.2. The SMILES string of the molecule is C[C@@H]1CN(C(=O)c2cccc(-c3nc4ccccc4[nH]3)n2)[C@@H](C)CN1C(=O)c1cccc(-c2nc3ccccc3[nH]2)n1. The van der Waals surface area contributed by atoms with Crippen molar-refractivity contribution < 1.29 is 9.59 Å². The molecule has 1 fully saturated rings. The Labute approximate surface area is 241 Å². The molecule has 1 aliphatic rings. The number of piperazine rings is 1. The Bertz CT molecular complexity index is 1750. The Morgan fingerprint density at radius 3 is 1.45 bits per heavy atom. The first-order valence-corrected chi connectivity index (χ1v) is 13.9. The second kappa shape index (κ2) is 10.2. The van der Waals surface area contributed by atoms with Gasteiger partial charge < -0.3 is 19.8 Å². The van der Waals surface area contributed by atoms with Crippen molar-refractivity contribution in [2.75, 3.05) is 13.1 Å². The van der Waals surface area contributed by atoms with Crippen LogP contribution in [-0.4, -0.2) is 76.7 Å². The molecule has 0 radical (unpaired) electrons. The summed E-state index contributed by atoms with van der Waals surface area (Å²) in [6.45, 7) is 4.66. The van der Waals surface area contributed by atoms with Gasteiger partial charge in [0.15, 0.2) is 11.6 Å². The summed E-state index contributed by atoms with van der Waals surface area (Å²) in [7, 11) is 0. The first-order chi connectivity index (χ1) is 20.4. The first-order valence-electron chi connectivity index (χ1n) is 13.9. The van der Waals surface area contributed by atoms with E-state index in [0.29, 0.717) is 47.5 Å². The molecule has 208 valence electrons. The van der Waals surface area contributed by atoms with Crippen molar-refractivity contribution in [3.05, 3.63) is 96.3 Å². The number of hydrogen-bond acceptors (Lipinski definition) is 6. The van der Waals surface area contributed by atoms with Crippen molar-refractivity contribution in [2.45, 2.75) is 25.9 Å². The molecule has 10 nitrogen and oxygen atoms in total. The average Bonchev–Trinajstić information content (AvgIpc) is 3.66. The molecule has 10 heteroatoms. The number of aromatic nitrogens is 6. The zero-order chi connectivity index (χ0) is 28.8. The second-order valence-corrected chi connectivity index (χ2v) is 10.6. The topological polar surface area (TPSA) is 124 Å². The fourth-order valence-corrected chi connectivity index (χ4v) is 5.51. The Balaban J connectivity index is 1.09. The van der Waals surface area contributed by atoms with Gasteiger partial charge in [-0.3, -0.25) is 9.59 Å². The van der Waals surface area contributed by atoms with Gasteiger partial charge in [0, 0.05) is 25.2 Å². The van der Waals surface area contributed by atoms with Gasteiger partial charge in [0.25, 0.3) is 11.8 Å². The summed E-state index contributed by atoms with van der Waals surface area (Å²) in [6, 6.07) is 25.8. The van der Waals surface area contributed by atoms with Gasteiger partial charge in [-0.2, -0.15) is 0 Å². The number of aromatic amines is 2. The molecule has 42 heavy (non-hydrogen) atoms. The van der Waals surface area contributed by atoms with Crippen LogP contribution in [0.25, 0.3) is 45.1 Å². The van der Waals surface area contributed by atoms with E-state index in [2.05, 4.69) is 29.9 Å². The van der Waals surface area contributed by atoms with Gasteiger partial charge in [0.2, 0.25) is 0 Å². The number of amides is 2. The number of benzene rings is 2. The van der Waals surface area contributed by atoms with Crippen molar-refractivity contribution >= 4 is 33.9 Å². The number of pyridine rings is 2. The third-order valence-electron chi connectivity index (χ3n) is 7.71. The van der Waals surface area contributed by atoms with E-state index in [-0.39, 0.29) is 23.9 Å². The van der Waals surface area contributed by atoms with Gasteiger partial charge in [-0.05, 0) is 62.4 Å². The highest BCUT2D eigenvalue weighted by molar-refractivity contribution is 5.95. The van der Waals surface area contributed by atoms with Gasteiger partial charge in [-0.1, -0.05) is 36.4 Å². The van der Waals surface area contributed by atoms with Crippen LogP contribution in [0.4, 0.5) is 0 Å². The molecule has 6 aromatic rings. The number of carbonyl (C=O) groups is 2. The molecule has 2 atom stereocenters. The number of para-hydroxylation sites is 4. The molecular formula is C32H28N8O2. The van der Waals surface area contributed by atoms with Crippen LogP contribution in [0, 0.1) is 0 Å². The number of nitrogens with zero attached hydrogens (tertiary/aromatic N) is 6. The van der Waals surface area contributed by atoms with Gasteiger partial charge >= 0.3 is 0 Å². The third kappa shape index (κ3) is 4.56. The van der Waals surface area contributed by atoms with Crippen LogP contribution in [0.5, 0.6) is 0 Å². The number of rotatable bonds is 4. The molecule has 7 rings (SSSR count). The van der Waals surface area contributed by atoms with Crippen LogP contribution >= 0.6 is 0 Å². The maximum absolute atomic E-state index is 13.6. The molecule has 1 aliphatic heterocycles. The molecule has 0 aliphatic carbocycles. The summed E-state index contributed by atoms with van der Waals surface area (Å²) in [5, 5.41) is 0. The predicted octanol–water partition coefficient (Wildman–Crippen LogP) is 4.94. The minimum absolute atomic E-state index is 0.176. The van der Waals surface area contributed by atoms with Crippen molar-refractivity contribution in [3.8, 4) is 23.0 Å². The molecule has 0 saturated carbocycles. The van der Waals surface area contributed by atoms with Gasteiger partial charge in [-0.15, -0.1) is 0 Å². The maximum Gasteiger partial charge on any atom is 0.272 e. The van der Waals surface area contributed by atoms with E-state index in [1.807, 2.05) is 86.6 Å². The largest absolute Gasteiger partial charge is 0.337 e. The Morgan fingerprint density at radius 2 is 1.02 bits per heavy atom. The van der Waals surface area contributed by atoms with E-state index in [9.17, 15) is 9.59 Å². The maximum atomic E-state index is 13.6. The standard InChI is InChI=1S/C32H28N8O2/c1-19-17-40(32(42)28-16-8-14-26(34-28)30-37-23-11-5-6-12-24(23)38-30)20(2)18-39(19)31(41)27-15-7-13-25(33-27)29-35-21-9-3-4-10-22(21)36-29/h3-16,19-20H,17-18H2,1-2H3,(H,35,36)(H,37,38)/t19-,20+. The van der Waals surface area contributed by atoms with Crippen molar-refractivity contribution in [1.29, 1.82) is 0 Å². The molecule has 0 spiro atoms. The lowest BCUT2D eigenvalue weighted by atomic mass is 10.1. The van der Waals surface area contributed by atoms with Crippen LogP contribution < -0.4 is 0 Å². The average molecular weight is 557 g/mol. The number of imidazole rings is 2. The van der Waals surface area contributed by atoms with E-state index >= 15 is 0 Å². The molecule has 1 saturated heterocycles. The molecule has 2 amide bonds. The normalized spacial score (nSPS) is 17.2. The zero-order valence-corrected chi connectivity index (χ0v) is 23.2. The Kier molecular flexibility index (Phi) is 6.23. The number of nitrogens with one attached hydrogen (secondary N) is 2. The number of fused-ring (bicyclic) bond motifs is 2. The van der Waals surface area contributed by atoms with Crippen LogP contribution in [-0.2, 0) is 0 Å². The van der Waals surface area contributed by atoms with E-state index in [0.717, 1.165) is 22.1 Å². The Morgan fingerprint density at radius 1 is 0.595 bits per heavy atom. The fraction of sp³-hybridized carbons (Fsp3) is 0.188. The number of carbonyl (C=O) groups excluding carboxylic acids is 2. The first kappa shape index (κ1) is 25.6. The molecule has 5 heterocycles. The summed E-state index contributed by atoms with van der Waals surface area (Å²) < 4.78 is 0. The van der Waals surface area contributed by atoms with Crippen molar-refractivity contribution in [1.82, 2.24) is 39.7 Å². The lowest BCUT2D eigenvalue weighted by molar-refractivity contribution is 0.0264. The second-order valence-electron chi connectivity index (χ2n) is 10.6. The van der Waals surface area contributed by atoms with Crippen LogP contribution in [0.15, 0.2) is 84.9 Å². The van der Waals surface area contributed by atoms with E-state index in [1.165, 1.54) is 0 Å². The summed E-state index contributed by atoms with van der Waals surface area (Å²) in [5.41, 5.74) is 5.38. The minimum Gasteiger partial charge on any atom is -0.337 e. The van der Waals surface area contributed by atoms with E-state index in [1.54, 1.807) is 21.9 Å². The van der Waals surface area contributed by atoms with Gasteiger partial charge in [-0.25, -0.2) is 19.9 Å². The fourth-order valence-electron chi connectivity index (χ4n) is 5.51. The molecule has 4 aromatic heterocycles. The molecule has 2 N–H and O–H groups in total. The Hall–Kier alpha value is -5.38. The molecule has 0 bridgehead atoms. The molecular weight excluding hydrogens is 528 g/mol. The van der Waals surface area contributed by atoms with E-state index in [4.69, 9.17) is 0 Å². The van der Waals surface area contributed by atoms with Crippen LogP contribution in [0.2, 0.25) is 0 Å². The quantitative estimate of drug-likeness (QED) is 0.317. The van der Waals surface area contributed by atoms with Crippen LogP contribution in [0.1, 0.15) is 34.8 Å². The monoisotopic (exact) mass is 556 g/mol. The van der Waals surface area contributed by atoms with Gasteiger partial charge in [0.1, 0.15) is 22.8 Å². The minimum atomic E-state index is -0.215. The van der Waals surface area contributed by atoms with Gasteiger partial charge in [0.05, 0.1) is 22.1 Å². The summed E-state index contributed by atoms with van der Waals surface area (Å²) in [4.78, 5) is 55.9. The molecule has 2 aromatic carbocycles. The van der Waals surface area contributed by atoms with E-state index < -0.39 is 0 Å². The van der Waals surface area contributed by atoms with Crippen molar-refractivity contribution in [2.24, 2.45) is 0 Å².